The first-order valence-electron chi connectivity index (χ1n) is 4.67. The van der Waals surface area contributed by atoms with Gasteiger partial charge in [-0.2, -0.15) is 4.31 Å². The van der Waals surface area contributed by atoms with E-state index in [4.69, 9.17) is 0 Å². The molecule has 1 heterocycles. The lowest BCUT2D eigenvalue weighted by molar-refractivity contribution is 0.312. The van der Waals surface area contributed by atoms with E-state index in [9.17, 15) is 12.8 Å². The summed E-state index contributed by atoms with van der Waals surface area (Å²) in [5, 5.41) is 0. The van der Waals surface area contributed by atoms with Crippen LogP contribution in [-0.4, -0.2) is 37.7 Å². The molecule has 1 rings (SSSR count). The Morgan fingerprint density at radius 1 is 1.64 bits per heavy atom. The minimum Gasteiger partial charge on any atom is -0.249 e. The van der Waals surface area contributed by atoms with Gasteiger partial charge >= 0.3 is 0 Å². The summed E-state index contributed by atoms with van der Waals surface area (Å²) in [4.78, 5) is 0. The molecule has 0 aromatic carbocycles. The van der Waals surface area contributed by atoms with Gasteiger partial charge in [0.25, 0.3) is 0 Å². The molecule has 0 aliphatic carbocycles. The van der Waals surface area contributed by atoms with Crippen LogP contribution >= 0.6 is 0 Å². The molecule has 0 aromatic heterocycles. The molecule has 0 radical (unpaired) electrons. The molecule has 82 valence electrons. The number of sulfonamides is 1. The molecule has 14 heavy (non-hydrogen) atoms. The number of hydrogen-bond acceptors (Lipinski definition) is 2. The maximum absolute atomic E-state index is 12.5. The Labute approximate surface area is 84.6 Å². The molecule has 0 amide bonds. The Morgan fingerprint density at radius 2 is 2.29 bits per heavy atom. The first-order chi connectivity index (χ1) is 6.47. The van der Waals surface area contributed by atoms with Crippen LogP contribution in [0.3, 0.4) is 0 Å². The van der Waals surface area contributed by atoms with Gasteiger partial charge in [0.05, 0.1) is 11.8 Å². The normalized spacial score (nSPS) is 24.0. The number of hydrogen-bond donors (Lipinski definition) is 0. The van der Waals surface area contributed by atoms with E-state index in [1.54, 1.807) is 6.92 Å². The summed E-state index contributed by atoms with van der Waals surface area (Å²) in [6.45, 7) is 5.09. The molecule has 1 aliphatic rings. The van der Waals surface area contributed by atoms with Crippen molar-refractivity contribution in [2.75, 3.05) is 19.0 Å². The van der Waals surface area contributed by atoms with Crippen molar-refractivity contribution in [1.29, 1.82) is 0 Å². The number of alkyl halides is 1. The fourth-order valence-corrected chi connectivity index (χ4v) is 3.54. The smallest absolute Gasteiger partial charge is 0.218 e. The van der Waals surface area contributed by atoms with Crippen molar-refractivity contribution in [3.05, 3.63) is 12.2 Å². The standard InChI is InChI=1S/C9H16FNO2S/c1-8(2)7-14(12,13)11-5-3-4-9(11)6-10/h9H,1,3-7H2,2H3. The van der Waals surface area contributed by atoms with Gasteiger partial charge in [0.1, 0.15) is 6.67 Å². The minimum atomic E-state index is -3.33. The van der Waals surface area contributed by atoms with E-state index in [1.165, 1.54) is 4.31 Å². The molecule has 5 heteroatoms. The minimum absolute atomic E-state index is 0.0660. The molecule has 0 aromatic rings. The van der Waals surface area contributed by atoms with E-state index < -0.39 is 22.7 Å². The van der Waals surface area contributed by atoms with Crippen molar-refractivity contribution >= 4 is 10.0 Å². The largest absolute Gasteiger partial charge is 0.249 e. The molecule has 0 saturated carbocycles. The first-order valence-corrected chi connectivity index (χ1v) is 6.28. The van der Waals surface area contributed by atoms with Gasteiger partial charge < -0.3 is 0 Å². The maximum atomic E-state index is 12.5. The van der Waals surface area contributed by atoms with Gasteiger partial charge in [0.15, 0.2) is 0 Å². The van der Waals surface area contributed by atoms with Crippen molar-refractivity contribution in [3.8, 4) is 0 Å². The Balaban J connectivity index is 2.76. The average molecular weight is 221 g/mol. The number of halogens is 1. The quantitative estimate of drug-likeness (QED) is 0.672. The van der Waals surface area contributed by atoms with Crippen LogP contribution < -0.4 is 0 Å². The Hall–Kier alpha value is -0.420. The van der Waals surface area contributed by atoms with Crippen LogP contribution in [0.2, 0.25) is 0 Å². The highest BCUT2D eigenvalue weighted by Crippen LogP contribution is 2.22. The molecule has 1 unspecified atom stereocenters. The van der Waals surface area contributed by atoms with E-state index in [-0.39, 0.29) is 5.75 Å². The fourth-order valence-electron chi connectivity index (χ4n) is 1.72. The van der Waals surface area contributed by atoms with Gasteiger partial charge in [-0.15, -0.1) is 0 Å². The molecule has 1 saturated heterocycles. The van der Waals surface area contributed by atoms with Gasteiger partial charge in [-0.25, -0.2) is 12.8 Å². The third-order valence-electron chi connectivity index (χ3n) is 2.29. The summed E-state index contributed by atoms with van der Waals surface area (Å²) in [5.74, 6) is -0.0660. The second kappa shape index (κ2) is 4.40. The summed E-state index contributed by atoms with van der Waals surface area (Å²) in [6.07, 6.45) is 1.38. The van der Waals surface area contributed by atoms with Crippen LogP contribution in [0.15, 0.2) is 12.2 Å². The predicted molar refractivity (Wildman–Crippen MR) is 54.3 cm³/mol. The Bertz CT molecular complexity index is 313. The van der Waals surface area contributed by atoms with E-state index >= 15 is 0 Å². The van der Waals surface area contributed by atoms with E-state index in [0.29, 0.717) is 18.5 Å². The number of rotatable bonds is 4. The highest BCUT2D eigenvalue weighted by Gasteiger charge is 2.33. The van der Waals surface area contributed by atoms with Gasteiger partial charge in [0.2, 0.25) is 10.0 Å². The monoisotopic (exact) mass is 221 g/mol. The van der Waals surface area contributed by atoms with E-state index in [0.717, 1.165) is 6.42 Å². The van der Waals surface area contributed by atoms with Crippen LogP contribution in [-0.2, 0) is 10.0 Å². The SMILES string of the molecule is C=C(C)CS(=O)(=O)N1CCCC1CF. The van der Waals surface area contributed by atoms with Gasteiger partial charge in [0, 0.05) is 6.54 Å². The predicted octanol–water partition coefficient (Wildman–Crippen LogP) is 1.33. The molecule has 3 nitrogen and oxygen atoms in total. The topological polar surface area (TPSA) is 37.4 Å². The zero-order valence-corrected chi connectivity index (χ0v) is 9.19. The van der Waals surface area contributed by atoms with Crippen molar-refractivity contribution in [2.24, 2.45) is 0 Å². The average Bonchev–Trinajstić information content (AvgIpc) is 2.48. The van der Waals surface area contributed by atoms with Gasteiger partial charge in [-0.05, 0) is 19.8 Å². The lowest BCUT2D eigenvalue weighted by Crippen LogP contribution is -2.38. The lowest BCUT2D eigenvalue weighted by atomic mass is 10.2. The second-order valence-corrected chi connectivity index (χ2v) is 5.70. The number of nitrogens with zero attached hydrogens (tertiary/aromatic N) is 1. The first kappa shape index (κ1) is 11.7. The summed E-state index contributed by atoms with van der Waals surface area (Å²) in [5.41, 5.74) is 0.592. The van der Waals surface area contributed by atoms with Crippen molar-refractivity contribution < 1.29 is 12.8 Å². The molecule has 0 spiro atoms. The van der Waals surface area contributed by atoms with Crippen molar-refractivity contribution in [3.63, 3.8) is 0 Å². The van der Waals surface area contributed by atoms with Gasteiger partial charge in [-0.3, -0.25) is 0 Å². The highest BCUT2D eigenvalue weighted by atomic mass is 32.2. The Kier molecular flexibility index (Phi) is 3.66. The van der Waals surface area contributed by atoms with Crippen LogP contribution in [0.1, 0.15) is 19.8 Å². The van der Waals surface area contributed by atoms with Crippen LogP contribution in [0.5, 0.6) is 0 Å². The summed E-state index contributed by atoms with van der Waals surface area (Å²) < 4.78 is 37.2. The lowest BCUT2D eigenvalue weighted by Gasteiger charge is -2.21. The van der Waals surface area contributed by atoms with Crippen LogP contribution in [0.25, 0.3) is 0 Å². The molecule has 0 N–H and O–H groups in total. The highest BCUT2D eigenvalue weighted by molar-refractivity contribution is 7.89. The fraction of sp³-hybridized carbons (Fsp3) is 0.778. The third kappa shape index (κ3) is 2.54. The zero-order valence-electron chi connectivity index (χ0n) is 8.37. The third-order valence-corrected chi connectivity index (χ3v) is 4.34. The molecule has 0 bridgehead atoms. The summed E-state index contributed by atoms with van der Waals surface area (Å²) in [7, 11) is -3.33. The molecular formula is C9H16FNO2S. The molecule has 1 atom stereocenters. The molecule has 1 aliphatic heterocycles. The van der Waals surface area contributed by atoms with Crippen molar-refractivity contribution in [2.45, 2.75) is 25.8 Å². The van der Waals surface area contributed by atoms with E-state index in [2.05, 4.69) is 6.58 Å². The van der Waals surface area contributed by atoms with E-state index in [1.807, 2.05) is 0 Å². The van der Waals surface area contributed by atoms with Crippen molar-refractivity contribution in [1.82, 2.24) is 4.31 Å². The summed E-state index contributed by atoms with van der Waals surface area (Å²) >= 11 is 0. The van der Waals surface area contributed by atoms with Crippen LogP contribution in [0.4, 0.5) is 4.39 Å². The second-order valence-electron chi connectivity index (χ2n) is 3.77. The summed E-state index contributed by atoms with van der Waals surface area (Å²) in [6, 6.07) is -0.445. The van der Waals surface area contributed by atoms with Crippen LogP contribution in [0, 0.1) is 0 Å². The molecular weight excluding hydrogens is 205 g/mol. The van der Waals surface area contributed by atoms with Gasteiger partial charge in [-0.1, -0.05) is 12.2 Å². The zero-order chi connectivity index (χ0) is 10.8. The maximum Gasteiger partial charge on any atom is 0.218 e. The Morgan fingerprint density at radius 3 is 2.79 bits per heavy atom. The molecule has 1 fully saturated rings.